The first-order valence-corrected chi connectivity index (χ1v) is 11.2. The molecule has 162 valence electrons. The molecule has 4 nitrogen and oxygen atoms in total. The number of anilines is 1. The van der Waals surface area contributed by atoms with Gasteiger partial charge in [0.15, 0.2) is 5.78 Å². The highest BCUT2D eigenvalue weighted by atomic mass is 32.1. The fourth-order valence-electron chi connectivity index (χ4n) is 4.14. The topological polar surface area (TPSA) is 38.1 Å². The summed E-state index contributed by atoms with van der Waals surface area (Å²) in [6.07, 6.45) is 4.30. The molecule has 0 spiro atoms. The summed E-state index contributed by atoms with van der Waals surface area (Å²) in [5.41, 5.74) is 5.13. The predicted molar refractivity (Wildman–Crippen MR) is 123 cm³/mol. The van der Waals surface area contributed by atoms with E-state index in [9.17, 15) is 13.6 Å². The lowest BCUT2D eigenvalue weighted by molar-refractivity contribution is 0.0994. The lowest BCUT2D eigenvalue weighted by atomic mass is 10.0. The Morgan fingerprint density at radius 3 is 2.59 bits per heavy atom. The van der Waals surface area contributed by atoms with Gasteiger partial charge in [-0.15, -0.1) is 11.3 Å². The van der Waals surface area contributed by atoms with Gasteiger partial charge in [-0.05, 0) is 47.9 Å². The van der Waals surface area contributed by atoms with Crippen molar-refractivity contribution >= 4 is 22.8 Å². The number of rotatable bonds is 4. The summed E-state index contributed by atoms with van der Waals surface area (Å²) in [4.78, 5) is 16.7. The summed E-state index contributed by atoms with van der Waals surface area (Å²) in [5, 5.41) is 4.27. The van der Waals surface area contributed by atoms with E-state index >= 15 is 0 Å². The minimum Gasteiger partial charge on any atom is -0.374 e. The molecule has 0 saturated carbocycles. The summed E-state index contributed by atoms with van der Waals surface area (Å²) in [6.45, 7) is 0.818. The van der Waals surface area contributed by atoms with Gasteiger partial charge in [-0.3, -0.25) is 9.48 Å². The van der Waals surface area contributed by atoms with Crippen molar-refractivity contribution in [3.8, 4) is 21.6 Å². The summed E-state index contributed by atoms with van der Waals surface area (Å²) in [6, 6.07) is 11.9. The van der Waals surface area contributed by atoms with Crippen LogP contribution in [0.5, 0.6) is 0 Å². The zero-order valence-corrected chi connectivity index (χ0v) is 18.5. The van der Waals surface area contributed by atoms with Crippen molar-refractivity contribution in [2.24, 2.45) is 7.05 Å². The number of hydrogen-bond acceptors (Lipinski definition) is 4. The summed E-state index contributed by atoms with van der Waals surface area (Å²) in [7, 11) is 3.94. The molecule has 1 aliphatic rings. The molecule has 2 aromatic heterocycles. The SMILES string of the molecule is CN1CCc2cc(C(=O)Cc3c(F)cccc3F)sc2-c2cc(-c3cnn(C)c3)ccc21. The lowest BCUT2D eigenvalue weighted by Gasteiger charge is -2.20. The Kier molecular flexibility index (Phi) is 5.13. The Hall–Kier alpha value is -3.32. The maximum atomic E-state index is 14.1. The maximum absolute atomic E-state index is 14.1. The normalized spacial score (nSPS) is 12.9. The van der Waals surface area contributed by atoms with E-state index in [-0.39, 0.29) is 17.8 Å². The molecule has 5 rings (SSSR count). The van der Waals surface area contributed by atoms with Crippen LogP contribution in [0.1, 0.15) is 20.8 Å². The van der Waals surface area contributed by atoms with Crippen LogP contribution in [0.2, 0.25) is 0 Å². The van der Waals surface area contributed by atoms with E-state index in [0.29, 0.717) is 4.88 Å². The Balaban J connectivity index is 1.55. The molecule has 0 bridgehead atoms. The highest BCUT2D eigenvalue weighted by Gasteiger charge is 2.24. The van der Waals surface area contributed by atoms with Gasteiger partial charge < -0.3 is 4.90 Å². The molecule has 2 aromatic carbocycles. The number of fused-ring (bicyclic) bond motifs is 3. The fraction of sp³-hybridized carbons (Fsp3) is 0.200. The second-order valence-electron chi connectivity index (χ2n) is 8.07. The minimum absolute atomic E-state index is 0.180. The van der Waals surface area contributed by atoms with Gasteiger partial charge in [0, 0.05) is 60.5 Å². The van der Waals surface area contributed by atoms with Crippen LogP contribution in [0.15, 0.2) is 54.9 Å². The minimum atomic E-state index is -0.690. The van der Waals surface area contributed by atoms with Crippen molar-refractivity contribution in [2.45, 2.75) is 12.8 Å². The molecule has 0 fully saturated rings. The second-order valence-corrected chi connectivity index (χ2v) is 9.12. The van der Waals surface area contributed by atoms with Crippen molar-refractivity contribution in [1.82, 2.24) is 9.78 Å². The van der Waals surface area contributed by atoms with Gasteiger partial charge >= 0.3 is 0 Å². The van der Waals surface area contributed by atoms with Crippen LogP contribution in [0.25, 0.3) is 21.6 Å². The number of aromatic nitrogens is 2. The number of hydrogen-bond donors (Lipinski definition) is 0. The number of carbonyl (C=O) groups is 1. The number of likely N-dealkylation sites (N-methyl/N-ethyl adjacent to an activating group) is 1. The number of nitrogens with zero attached hydrogens (tertiary/aromatic N) is 3. The zero-order chi connectivity index (χ0) is 22.4. The van der Waals surface area contributed by atoms with Crippen LogP contribution < -0.4 is 4.90 Å². The van der Waals surface area contributed by atoms with Gasteiger partial charge in [-0.2, -0.15) is 5.10 Å². The van der Waals surface area contributed by atoms with Gasteiger partial charge in [0.1, 0.15) is 11.6 Å². The molecule has 0 N–H and O–H groups in total. The molecule has 0 saturated heterocycles. The highest BCUT2D eigenvalue weighted by Crippen LogP contribution is 2.43. The third-order valence-electron chi connectivity index (χ3n) is 5.89. The molecule has 0 aliphatic carbocycles. The van der Waals surface area contributed by atoms with Gasteiger partial charge in [-0.25, -0.2) is 8.78 Å². The number of carbonyl (C=O) groups excluding carboxylic acids is 1. The number of halogens is 2. The van der Waals surface area contributed by atoms with E-state index in [2.05, 4.69) is 35.2 Å². The van der Waals surface area contributed by atoms with Crippen LogP contribution in [0.3, 0.4) is 0 Å². The van der Waals surface area contributed by atoms with Gasteiger partial charge in [0.05, 0.1) is 11.1 Å². The van der Waals surface area contributed by atoms with Crippen LogP contribution in [0.4, 0.5) is 14.5 Å². The molecule has 32 heavy (non-hydrogen) atoms. The van der Waals surface area contributed by atoms with Crippen LogP contribution >= 0.6 is 11.3 Å². The number of thiophene rings is 1. The van der Waals surface area contributed by atoms with E-state index < -0.39 is 11.6 Å². The zero-order valence-electron chi connectivity index (χ0n) is 17.7. The van der Waals surface area contributed by atoms with E-state index in [1.54, 1.807) is 4.68 Å². The Morgan fingerprint density at radius 1 is 1.09 bits per heavy atom. The second kappa shape index (κ2) is 7.98. The molecule has 0 amide bonds. The van der Waals surface area contributed by atoms with E-state index in [1.807, 2.05) is 25.5 Å². The van der Waals surface area contributed by atoms with Crippen molar-refractivity contribution in [2.75, 3.05) is 18.5 Å². The Bertz CT molecular complexity index is 1320. The standard InChI is InChI=1S/C25H21F2N3OS/c1-29-9-8-16-11-24(23(31)12-18-20(26)4-3-5-21(18)27)32-25(16)19-10-15(6-7-22(19)29)17-13-28-30(2)14-17/h3-7,10-11,13-14H,8-9,12H2,1-2H3. The molecule has 4 aromatic rings. The number of ketones is 1. The summed E-state index contributed by atoms with van der Waals surface area (Å²) < 4.78 is 29.9. The molecule has 0 radical (unpaired) electrons. The lowest BCUT2D eigenvalue weighted by Crippen LogP contribution is -2.19. The average molecular weight is 450 g/mol. The summed E-state index contributed by atoms with van der Waals surface area (Å²) in [5.74, 6) is -1.65. The molecule has 3 heterocycles. The predicted octanol–water partition coefficient (Wildman–Crippen LogP) is 5.51. The largest absolute Gasteiger partial charge is 0.374 e. The molecule has 0 atom stereocenters. The van der Waals surface area contributed by atoms with Crippen molar-refractivity contribution in [3.05, 3.63) is 82.5 Å². The number of aryl methyl sites for hydroxylation is 1. The van der Waals surface area contributed by atoms with Crippen molar-refractivity contribution in [3.63, 3.8) is 0 Å². The van der Waals surface area contributed by atoms with E-state index in [1.165, 1.54) is 29.5 Å². The Morgan fingerprint density at radius 2 is 1.88 bits per heavy atom. The van der Waals surface area contributed by atoms with E-state index in [4.69, 9.17) is 0 Å². The molecule has 7 heteroatoms. The first-order valence-electron chi connectivity index (χ1n) is 10.3. The number of benzene rings is 2. The number of Topliss-reactive ketones (excluding diaryl/α,β-unsaturated/α-hetero) is 1. The molecular weight excluding hydrogens is 428 g/mol. The maximum Gasteiger partial charge on any atom is 0.177 e. The monoisotopic (exact) mass is 449 g/mol. The van der Waals surface area contributed by atoms with Crippen LogP contribution in [0, 0.1) is 11.6 Å². The first kappa shape index (κ1) is 20.6. The van der Waals surface area contributed by atoms with Crippen LogP contribution in [-0.4, -0.2) is 29.2 Å². The smallest absolute Gasteiger partial charge is 0.177 e. The quantitative estimate of drug-likeness (QED) is 0.386. The van der Waals surface area contributed by atoms with Gasteiger partial charge in [0.2, 0.25) is 0 Å². The van der Waals surface area contributed by atoms with Crippen LogP contribution in [-0.2, 0) is 19.9 Å². The van der Waals surface area contributed by atoms with Gasteiger partial charge in [0.25, 0.3) is 0 Å². The first-order chi connectivity index (χ1) is 15.4. The highest BCUT2D eigenvalue weighted by molar-refractivity contribution is 7.17. The average Bonchev–Trinajstić information content (AvgIpc) is 3.38. The van der Waals surface area contributed by atoms with Gasteiger partial charge in [-0.1, -0.05) is 12.1 Å². The summed E-state index contributed by atoms with van der Waals surface area (Å²) >= 11 is 1.40. The third-order valence-corrected chi connectivity index (χ3v) is 7.14. The molecule has 0 unspecified atom stereocenters. The fourth-order valence-corrected chi connectivity index (χ4v) is 5.31. The molecular formula is C25H21F2N3OS. The molecule has 1 aliphatic heterocycles. The van der Waals surface area contributed by atoms with Crippen molar-refractivity contribution < 1.29 is 13.6 Å². The Labute approximate surface area is 188 Å². The van der Waals surface area contributed by atoms with E-state index in [0.717, 1.165) is 45.8 Å². The third kappa shape index (κ3) is 3.62. The van der Waals surface area contributed by atoms with Crippen molar-refractivity contribution in [1.29, 1.82) is 0 Å².